The molecule has 0 saturated heterocycles. The van der Waals surface area contributed by atoms with Gasteiger partial charge in [-0.3, -0.25) is 4.72 Å². The summed E-state index contributed by atoms with van der Waals surface area (Å²) in [6, 6.07) is 7.25. The third-order valence-electron chi connectivity index (χ3n) is 2.65. The van der Waals surface area contributed by atoms with Crippen molar-refractivity contribution in [2.24, 2.45) is 0 Å². The first-order valence-corrected chi connectivity index (χ1v) is 7.25. The molecular weight excluding hydrogens is 294 g/mol. The van der Waals surface area contributed by atoms with Crippen molar-refractivity contribution in [1.82, 2.24) is 0 Å². The molecule has 0 atom stereocenters. The van der Waals surface area contributed by atoms with E-state index in [4.69, 9.17) is 15.9 Å². The van der Waals surface area contributed by atoms with Gasteiger partial charge in [0.15, 0.2) is 0 Å². The Morgan fingerprint density at radius 3 is 2.67 bits per heavy atom. The van der Waals surface area contributed by atoms with E-state index in [-0.39, 0.29) is 16.3 Å². The van der Waals surface area contributed by atoms with E-state index in [0.717, 1.165) is 6.07 Å². The van der Waals surface area contributed by atoms with Crippen molar-refractivity contribution in [3.63, 3.8) is 0 Å². The Morgan fingerprint density at radius 2 is 2.10 bits per heavy atom. The highest BCUT2D eigenvalue weighted by atomic mass is 32.2. The van der Waals surface area contributed by atoms with E-state index >= 15 is 0 Å². The van der Waals surface area contributed by atoms with Gasteiger partial charge in [0.2, 0.25) is 5.76 Å². The van der Waals surface area contributed by atoms with Gasteiger partial charge in [0, 0.05) is 11.6 Å². The van der Waals surface area contributed by atoms with E-state index in [1.165, 1.54) is 19.1 Å². The number of nitrogens with one attached hydrogen (secondary N) is 1. The molecule has 0 fully saturated rings. The maximum absolute atomic E-state index is 12.2. The summed E-state index contributed by atoms with van der Waals surface area (Å²) in [4.78, 5) is 10.6. The molecule has 1 aromatic carbocycles. The molecule has 108 valence electrons. The largest absolute Gasteiger partial charge is 0.475 e. The van der Waals surface area contributed by atoms with Gasteiger partial charge in [-0.1, -0.05) is 12.0 Å². The number of rotatable bonds is 4. The van der Waals surface area contributed by atoms with Crippen LogP contribution in [-0.2, 0) is 10.0 Å². The minimum atomic E-state index is -3.96. The van der Waals surface area contributed by atoms with Crippen LogP contribution in [0.3, 0.4) is 0 Å². The number of hydrogen-bond donors (Lipinski definition) is 2. The van der Waals surface area contributed by atoms with E-state index in [1.807, 2.05) is 0 Å². The van der Waals surface area contributed by atoms with Crippen LogP contribution in [0.15, 0.2) is 39.6 Å². The number of terminal acetylenes is 1. The molecule has 0 saturated carbocycles. The van der Waals surface area contributed by atoms with Crippen LogP contribution in [0.25, 0.3) is 0 Å². The van der Waals surface area contributed by atoms with Gasteiger partial charge in [0.25, 0.3) is 10.0 Å². The highest BCUT2D eigenvalue weighted by Gasteiger charge is 2.23. The zero-order chi connectivity index (χ0) is 15.6. The molecule has 21 heavy (non-hydrogen) atoms. The molecule has 6 nitrogen and oxygen atoms in total. The van der Waals surface area contributed by atoms with Crippen molar-refractivity contribution in [2.75, 3.05) is 4.72 Å². The highest BCUT2D eigenvalue weighted by molar-refractivity contribution is 7.92. The summed E-state index contributed by atoms with van der Waals surface area (Å²) in [5, 5.41) is 8.82. The monoisotopic (exact) mass is 305 g/mol. The Bertz CT molecular complexity index is 842. The number of carbonyl (C=O) groups is 1. The maximum atomic E-state index is 12.2. The average Bonchev–Trinajstić information content (AvgIpc) is 2.81. The summed E-state index contributed by atoms with van der Waals surface area (Å²) in [5.41, 5.74) is 0.799. The van der Waals surface area contributed by atoms with Crippen LogP contribution in [0, 0.1) is 19.3 Å². The van der Waals surface area contributed by atoms with Crippen molar-refractivity contribution < 1.29 is 22.7 Å². The number of carboxylic acids is 1. The lowest BCUT2D eigenvalue weighted by molar-refractivity contribution is 0.0661. The molecule has 1 heterocycles. The number of carboxylic acid groups (broad SMARTS) is 1. The average molecular weight is 305 g/mol. The number of aryl methyl sites for hydroxylation is 1. The third kappa shape index (κ3) is 3.07. The summed E-state index contributed by atoms with van der Waals surface area (Å²) in [6.07, 6.45) is 5.25. The molecule has 0 radical (unpaired) electrons. The van der Waals surface area contributed by atoms with Gasteiger partial charge < -0.3 is 9.52 Å². The Kier molecular flexibility index (Phi) is 3.74. The molecule has 2 rings (SSSR count). The van der Waals surface area contributed by atoms with Crippen molar-refractivity contribution >= 4 is 21.7 Å². The topological polar surface area (TPSA) is 96.6 Å². The second-order valence-electron chi connectivity index (χ2n) is 4.17. The summed E-state index contributed by atoms with van der Waals surface area (Å²) < 4.78 is 31.7. The Labute approximate surface area is 121 Å². The van der Waals surface area contributed by atoms with Crippen molar-refractivity contribution in [1.29, 1.82) is 0 Å². The second kappa shape index (κ2) is 5.34. The number of aromatic carboxylic acids is 1. The molecule has 0 aliphatic heterocycles. The molecule has 0 aliphatic carbocycles. The standard InChI is InChI=1S/C14H11NO5S/c1-3-10-5-4-6-11(7-10)15-21(18,19)13-8-12(14(16)17)20-9(13)2/h1,4-8,15H,2H3,(H,16,17). The fourth-order valence-corrected chi connectivity index (χ4v) is 2.95. The molecule has 0 amide bonds. The zero-order valence-electron chi connectivity index (χ0n) is 11.0. The summed E-state index contributed by atoms with van der Waals surface area (Å²) >= 11 is 0. The number of anilines is 1. The molecule has 2 N–H and O–H groups in total. The molecule has 1 aromatic heterocycles. The quantitative estimate of drug-likeness (QED) is 0.843. The van der Waals surface area contributed by atoms with Gasteiger partial charge in [0.05, 0.1) is 5.69 Å². The zero-order valence-corrected chi connectivity index (χ0v) is 11.8. The normalized spacial score (nSPS) is 10.9. The van der Waals surface area contributed by atoms with Crippen molar-refractivity contribution in [3.8, 4) is 12.3 Å². The van der Waals surface area contributed by atoms with Crippen LogP contribution >= 0.6 is 0 Å². The van der Waals surface area contributed by atoms with Gasteiger partial charge in [-0.05, 0) is 25.1 Å². The molecule has 7 heteroatoms. The first kappa shape index (κ1) is 14.7. The molecule has 0 bridgehead atoms. The highest BCUT2D eigenvalue weighted by Crippen LogP contribution is 2.23. The van der Waals surface area contributed by atoms with Crippen LogP contribution < -0.4 is 4.72 Å². The second-order valence-corrected chi connectivity index (χ2v) is 5.82. The molecule has 0 spiro atoms. The van der Waals surface area contributed by atoms with Gasteiger partial charge in [-0.25, -0.2) is 13.2 Å². The SMILES string of the molecule is C#Cc1cccc(NS(=O)(=O)c2cc(C(=O)O)oc2C)c1. The maximum Gasteiger partial charge on any atom is 0.371 e. The van der Waals surface area contributed by atoms with Crippen LogP contribution in [0.2, 0.25) is 0 Å². The van der Waals surface area contributed by atoms with E-state index in [9.17, 15) is 13.2 Å². The van der Waals surface area contributed by atoms with Crippen molar-refractivity contribution in [2.45, 2.75) is 11.8 Å². The van der Waals surface area contributed by atoms with E-state index in [0.29, 0.717) is 5.56 Å². The summed E-state index contributed by atoms with van der Waals surface area (Å²) in [6.45, 7) is 1.37. The van der Waals surface area contributed by atoms with Crippen LogP contribution in [0.1, 0.15) is 21.9 Å². The lowest BCUT2D eigenvalue weighted by atomic mass is 10.2. The van der Waals surface area contributed by atoms with E-state index in [2.05, 4.69) is 10.6 Å². The van der Waals surface area contributed by atoms with E-state index in [1.54, 1.807) is 12.1 Å². The fraction of sp³-hybridized carbons (Fsp3) is 0.0714. The van der Waals surface area contributed by atoms with Crippen molar-refractivity contribution in [3.05, 3.63) is 47.4 Å². The predicted molar refractivity (Wildman–Crippen MR) is 75.6 cm³/mol. The Morgan fingerprint density at radius 1 is 1.38 bits per heavy atom. The first-order valence-electron chi connectivity index (χ1n) is 5.76. The van der Waals surface area contributed by atoms with Crippen LogP contribution in [-0.4, -0.2) is 19.5 Å². The third-order valence-corrected chi connectivity index (χ3v) is 4.14. The predicted octanol–water partition coefficient (Wildman–Crippen LogP) is 2.07. The summed E-state index contributed by atoms with van der Waals surface area (Å²) in [5.74, 6) is 0.607. The fourth-order valence-electron chi connectivity index (χ4n) is 1.72. The van der Waals surface area contributed by atoms with Crippen LogP contribution in [0.5, 0.6) is 0 Å². The molecule has 0 unspecified atom stereocenters. The number of furan rings is 1. The number of hydrogen-bond acceptors (Lipinski definition) is 4. The minimum absolute atomic E-state index is 0.00648. The van der Waals surface area contributed by atoms with Gasteiger partial charge in [-0.2, -0.15) is 0 Å². The number of sulfonamides is 1. The minimum Gasteiger partial charge on any atom is -0.475 e. The number of benzene rings is 1. The molecular formula is C14H11NO5S. The van der Waals surface area contributed by atoms with Gasteiger partial charge in [-0.15, -0.1) is 6.42 Å². The Balaban J connectivity index is 2.38. The Hall–Kier alpha value is -2.72. The van der Waals surface area contributed by atoms with E-state index < -0.39 is 21.8 Å². The van der Waals surface area contributed by atoms with Gasteiger partial charge >= 0.3 is 5.97 Å². The van der Waals surface area contributed by atoms with Crippen LogP contribution in [0.4, 0.5) is 5.69 Å². The molecule has 2 aromatic rings. The molecule has 0 aliphatic rings. The lowest BCUT2D eigenvalue weighted by Gasteiger charge is -2.07. The van der Waals surface area contributed by atoms with Gasteiger partial charge in [0.1, 0.15) is 10.7 Å². The smallest absolute Gasteiger partial charge is 0.371 e. The first-order chi connectivity index (χ1) is 9.83. The lowest BCUT2D eigenvalue weighted by Crippen LogP contribution is -2.13. The summed E-state index contributed by atoms with van der Waals surface area (Å²) in [7, 11) is -3.96.